The molecule has 0 bridgehead atoms. The van der Waals surface area contributed by atoms with Crippen molar-refractivity contribution in [3.63, 3.8) is 0 Å². The predicted octanol–water partition coefficient (Wildman–Crippen LogP) is 4.59. The van der Waals surface area contributed by atoms with Crippen LogP contribution in [0.4, 0.5) is 0 Å². The van der Waals surface area contributed by atoms with E-state index in [1.54, 1.807) is 0 Å². The monoisotopic (exact) mass is 341 g/mol. The zero-order valence-electron chi connectivity index (χ0n) is 13.0. The molecule has 0 spiro atoms. The Bertz CT molecular complexity index is 771. The van der Waals surface area contributed by atoms with Crippen molar-refractivity contribution >= 4 is 23.4 Å². The molecular formula is C18H16ClN3S. The van der Waals surface area contributed by atoms with Crippen LogP contribution < -0.4 is 0 Å². The molecule has 116 valence electrons. The Morgan fingerprint density at radius 1 is 1.26 bits per heavy atom. The molecule has 0 aliphatic rings. The predicted molar refractivity (Wildman–Crippen MR) is 95.3 cm³/mol. The number of rotatable bonds is 5. The lowest BCUT2D eigenvalue weighted by Gasteiger charge is -2.09. The first-order valence-corrected chi connectivity index (χ1v) is 8.54. The number of halogens is 1. The molecule has 0 fully saturated rings. The quantitative estimate of drug-likeness (QED) is 0.345. The van der Waals surface area contributed by atoms with E-state index >= 15 is 0 Å². The van der Waals surface area contributed by atoms with Crippen LogP contribution in [-0.4, -0.2) is 15.7 Å². The van der Waals surface area contributed by atoms with Gasteiger partial charge in [0.05, 0.1) is 11.4 Å². The lowest BCUT2D eigenvalue weighted by molar-refractivity contribution is 0.647. The Morgan fingerprint density at radius 2 is 1.96 bits per heavy atom. The van der Waals surface area contributed by atoms with E-state index in [9.17, 15) is 5.26 Å². The molecule has 0 amide bonds. The molecular weight excluding hydrogens is 326 g/mol. The summed E-state index contributed by atoms with van der Waals surface area (Å²) in [4.78, 5) is 8.58. The lowest BCUT2D eigenvalue weighted by Crippen LogP contribution is -1.98. The van der Waals surface area contributed by atoms with Crippen LogP contribution in [0, 0.1) is 29.6 Å². The molecule has 0 N–H and O–H groups in total. The van der Waals surface area contributed by atoms with Crippen LogP contribution in [0.3, 0.4) is 0 Å². The van der Waals surface area contributed by atoms with Gasteiger partial charge in [0.1, 0.15) is 11.6 Å². The maximum absolute atomic E-state index is 9.35. The molecule has 0 unspecified atom stereocenters. The van der Waals surface area contributed by atoms with Crippen LogP contribution in [0.25, 0.3) is 11.3 Å². The van der Waals surface area contributed by atoms with Crippen molar-refractivity contribution in [3.05, 3.63) is 40.5 Å². The summed E-state index contributed by atoms with van der Waals surface area (Å²) in [6, 6.07) is 10.1. The lowest BCUT2D eigenvalue weighted by atomic mass is 10.00. The van der Waals surface area contributed by atoms with E-state index in [-0.39, 0.29) is 10.7 Å². The number of nitriles is 1. The second-order valence-corrected chi connectivity index (χ2v) is 6.72. The Kier molecular flexibility index (Phi) is 6.04. The molecule has 1 heterocycles. The average Bonchev–Trinajstić information content (AvgIpc) is 2.52. The zero-order chi connectivity index (χ0) is 16.8. The first-order valence-electron chi connectivity index (χ1n) is 7.18. The molecule has 0 saturated heterocycles. The normalized spacial score (nSPS) is 10.3. The largest absolute Gasteiger partial charge is 0.221 e. The van der Waals surface area contributed by atoms with E-state index in [1.165, 1.54) is 17.3 Å². The van der Waals surface area contributed by atoms with E-state index in [0.717, 1.165) is 12.0 Å². The van der Waals surface area contributed by atoms with Crippen LogP contribution in [0.1, 0.15) is 25.0 Å². The number of hydrogen-bond donors (Lipinski definition) is 0. The fraction of sp³-hybridized carbons (Fsp3) is 0.278. The number of terminal acetylenes is 1. The van der Waals surface area contributed by atoms with Gasteiger partial charge in [-0.3, -0.25) is 0 Å². The fourth-order valence-corrected chi connectivity index (χ4v) is 2.95. The van der Waals surface area contributed by atoms with E-state index in [1.807, 2.05) is 12.1 Å². The van der Waals surface area contributed by atoms with Crippen LogP contribution in [-0.2, 0) is 6.42 Å². The Hall–Kier alpha value is -2.01. The maximum Gasteiger partial charge on any atom is 0.190 e. The molecule has 5 heteroatoms. The van der Waals surface area contributed by atoms with Crippen molar-refractivity contribution in [1.82, 2.24) is 9.97 Å². The highest BCUT2D eigenvalue weighted by Gasteiger charge is 2.15. The number of aromatic nitrogens is 2. The highest BCUT2D eigenvalue weighted by atomic mass is 35.5. The number of thioether (sulfide) groups is 1. The first kappa shape index (κ1) is 17.3. The van der Waals surface area contributed by atoms with E-state index < -0.39 is 0 Å². The molecule has 0 aliphatic carbocycles. The molecule has 2 rings (SSSR count). The van der Waals surface area contributed by atoms with Crippen molar-refractivity contribution in [2.24, 2.45) is 5.92 Å². The third-order valence-corrected chi connectivity index (χ3v) is 4.14. The standard InChI is InChI=1S/C18H16ClN3S/c1-4-9-23-18-21-16(15(11-20)17(19)22-18)14-7-5-13(6-8-14)10-12(2)3/h1,5-8,12H,9-10H2,2-3H3. The summed E-state index contributed by atoms with van der Waals surface area (Å²) in [5.41, 5.74) is 2.93. The van der Waals surface area contributed by atoms with Gasteiger partial charge in [-0.2, -0.15) is 5.26 Å². The summed E-state index contributed by atoms with van der Waals surface area (Å²) < 4.78 is 0. The molecule has 1 aromatic heterocycles. The van der Waals surface area contributed by atoms with Gasteiger partial charge in [0.25, 0.3) is 0 Å². The van der Waals surface area contributed by atoms with E-state index in [4.69, 9.17) is 18.0 Å². The van der Waals surface area contributed by atoms with Crippen LogP contribution in [0.15, 0.2) is 29.4 Å². The third-order valence-electron chi connectivity index (χ3n) is 3.11. The molecule has 0 atom stereocenters. The van der Waals surface area contributed by atoms with E-state index in [0.29, 0.717) is 22.5 Å². The van der Waals surface area contributed by atoms with Crippen LogP contribution in [0.5, 0.6) is 0 Å². The number of hydrogen-bond acceptors (Lipinski definition) is 4. The van der Waals surface area contributed by atoms with E-state index in [2.05, 4.69) is 47.9 Å². The van der Waals surface area contributed by atoms with Gasteiger partial charge in [-0.05, 0) is 17.9 Å². The van der Waals surface area contributed by atoms with Crippen molar-refractivity contribution in [2.45, 2.75) is 25.4 Å². The van der Waals surface area contributed by atoms with Gasteiger partial charge in [0.2, 0.25) is 0 Å². The number of nitrogens with zero attached hydrogens (tertiary/aromatic N) is 3. The minimum absolute atomic E-state index is 0.156. The average molecular weight is 342 g/mol. The maximum atomic E-state index is 9.35. The van der Waals surface area contributed by atoms with Gasteiger partial charge >= 0.3 is 0 Å². The molecule has 2 aromatic rings. The van der Waals surface area contributed by atoms with Gasteiger partial charge in [0, 0.05) is 5.56 Å². The molecule has 1 aromatic carbocycles. The molecule has 0 aliphatic heterocycles. The van der Waals surface area contributed by atoms with Crippen LogP contribution >= 0.6 is 23.4 Å². The van der Waals surface area contributed by atoms with Gasteiger partial charge in [-0.1, -0.05) is 67.4 Å². The Morgan fingerprint density at radius 3 is 2.52 bits per heavy atom. The fourth-order valence-electron chi connectivity index (χ4n) is 2.16. The Labute approximate surface area is 146 Å². The second-order valence-electron chi connectivity index (χ2n) is 5.42. The minimum atomic E-state index is 0.156. The zero-order valence-corrected chi connectivity index (χ0v) is 14.6. The van der Waals surface area contributed by atoms with Crippen molar-refractivity contribution in [3.8, 4) is 29.7 Å². The minimum Gasteiger partial charge on any atom is -0.221 e. The second kappa shape index (κ2) is 8.02. The first-order chi connectivity index (χ1) is 11.0. The summed E-state index contributed by atoms with van der Waals surface area (Å²) >= 11 is 7.45. The third kappa shape index (κ3) is 4.48. The summed E-state index contributed by atoms with van der Waals surface area (Å²) in [7, 11) is 0. The molecule has 3 nitrogen and oxygen atoms in total. The summed E-state index contributed by atoms with van der Waals surface area (Å²) in [6.45, 7) is 4.36. The van der Waals surface area contributed by atoms with Crippen molar-refractivity contribution in [1.29, 1.82) is 5.26 Å². The van der Waals surface area contributed by atoms with Gasteiger partial charge in [-0.15, -0.1) is 6.42 Å². The van der Waals surface area contributed by atoms with Crippen molar-refractivity contribution < 1.29 is 0 Å². The molecule has 23 heavy (non-hydrogen) atoms. The van der Waals surface area contributed by atoms with Crippen molar-refractivity contribution in [2.75, 3.05) is 5.75 Å². The summed E-state index contributed by atoms with van der Waals surface area (Å²) in [5.74, 6) is 3.57. The highest BCUT2D eigenvalue weighted by molar-refractivity contribution is 7.99. The van der Waals surface area contributed by atoms with Crippen LogP contribution in [0.2, 0.25) is 5.15 Å². The Balaban J connectivity index is 2.42. The highest BCUT2D eigenvalue weighted by Crippen LogP contribution is 2.29. The smallest absolute Gasteiger partial charge is 0.190 e. The number of benzene rings is 1. The summed E-state index contributed by atoms with van der Waals surface area (Å²) in [5, 5.41) is 9.98. The SMILES string of the molecule is C#CCSc1nc(Cl)c(C#N)c(-c2ccc(CC(C)C)cc2)n1. The summed E-state index contributed by atoms with van der Waals surface area (Å²) in [6.07, 6.45) is 6.28. The molecule has 0 radical (unpaired) electrons. The molecule has 0 saturated carbocycles. The van der Waals surface area contributed by atoms with Gasteiger partial charge in [-0.25, -0.2) is 9.97 Å². The van der Waals surface area contributed by atoms with Gasteiger partial charge in [0.15, 0.2) is 10.3 Å². The topological polar surface area (TPSA) is 49.6 Å². The van der Waals surface area contributed by atoms with Gasteiger partial charge < -0.3 is 0 Å².